The number of aromatic nitrogens is 2. The molecule has 1 atom stereocenters. The van der Waals surface area contributed by atoms with Gasteiger partial charge in [0, 0.05) is 12.2 Å². The number of benzene rings is 1. The van der Waals surface area contributed by atoms with E-state index in [0.29, 0.717) is 48.2 Å². The Balaban J connectivity index is 1.38. The van der Waals surface area contributed by atoms with Crippen molar-refractivity contribution >= 4 is 28.9 Å². The number of anilines is 1. The van der Waals surface area contributed by atoms with Crippen molar-refractivity contribution in [2.45, 2.75) is 33.2 Å². The van der Waals surface area contributed by atoms with E-state index >= 15 is 0 Å². The first-order valence-corrected chi connectivity index (χ1v) is 11.6. The van der Waals surface area contributed by atoms with E-state index in [0.717, 1.165) is 24.3 Å². The lowest BCUT2D eigenvalue weighted by Crippen LogP contribution is -2.40. The number of likely N-dealkylation sites (tertiary alicyclic amines) is 1. The second-order valence-electron chi connectivity index (χ2n) is 7.75. The zero-order chi connectivity index (χ0) is 22.5. The Morgan fingerprint density at radius 3 is 2.97 bits per heavy atom. The van der Waals surface area contributed by atoms with Crippen molar-refractivity contribution in [3.63, 3.8) is 0 Å². The number of carbonyl (C=O) groups excluding carboxylic acids is 2. The van der Waals surface area contributed by atoms with Crippen molar-refractivity contribution in [2.24, 2.45) is 5.92 Å². The number of hydrogen-bond donors (Lipinski definition) is 1. The summed E-state index contributed by atoms with van der Waals surface area (Å²) < 4.78 is 10.5. The van der Waals surface area contributed by atoms with Crippen molar-refractivity contribution in [2.75, 3.05) is 25.0 Å². The maximum absolute atomic E-state index is 13.0. The van der Waals surface area contributed by atoms with Crippen LogP contribution >= 0.6 is 11.3 Å². The van der Waals surface area contributed by atoms with E-state index in [1.165, 1.54) is 0 Å². The van der Waals surface area contributed by atoms with Gasteiger partial charge in [-0.25, -0.2) is 4.79 Å². The highest BCUT2D eigenvalue weighted by Gasteiger charge is 2.27. The molecule has 1 aliphatic heterocycles. The smallest absolute Gasteiger partial charge is 0.338 e. The molecule has 4 rings (SSSR count). The highest BCUT2D eigenvalue weighted by atomic mass is 32.1. The van der Waals surface area contributed by atoms with E-state index in [1.807, 2.05) is 24.4 Å². The summed E-state index contributed by atoms with van der Waals surface area (Å²) in [5, 5.41) is 9.04. The minimum Gasteiger partial charge on any atom is -0.462 e. The number of rotatable bonds is 7. The van der Waals surface area contributed by atoms with Crippen LogP contribution in [0.4, 0.5) is 5.69 Å². The minimum atomic E-state index is -0.383. The molecule has 0 spiro atoms. The molecule has 0 aliphatic carbocycles. The standard InChI is InChI=1S/C23H26N4O4S/c1-3-30-23(29)17-8-4-9-18(15(17)2)24-22(28)16-7-5-11-27(13-16)14-20-25-21(26-31-20)19-10-6-12-32-19/h4,6,8-10,12,16H,3,5,7,11,13-14H2,1-2H3,(H,24,28). The van der Waals surface area contributed by atoms with E-state index in [4.69, 9.17) is 9.26 Å². The third-order valence-electron chi connectivity index (χ3n) is 5.53. The number of ether oxygens (including phenoxy) is 1. The van der Waals surface area contributed by atoms with E-state index in [9.17, 15) is 9.59 Å². The van der Waals surface area contributed by atoms with Crippen molar-refractivity contribution in [3.05, 3.63) is 52.7 Å². The number of amides is 1. The predicted octanol–water partition coefficient (Wildman–Crippen LogP) is 4.13. The maximum atomic E-state index is 13.0. The zero-order valence-corrected chi connectivity index (χ0v) is 19.0. The van der Waals surface area contributed by atoms with E-state index in [-0.39, 0.29) is 17.8 Å². The lowest BCUT2D eigenvalue weighted by Gasteiger charge is -2.31. The van der Waals surface area contributed by atoms with Gasteiger partial charge >= 0.3 is 5.97 Å². The Morgan fingerprint density at radius 2 is 2.19 bits per heavy atom. The van der Waals surface area contributed by atoms with Gasteiger partial charge in [0.15, 0.2) is 0 Å². The lowest BCUT2D eigenvalue weighted by molar-refractivity contribution is -0.121. The van der Waals surface area contributed by atoms with Crippen LogP contribution in [0.5, 0.6) is 0 Å². The Morgan fingerprint density at radius 1 is 1.31 bits per heavy atom. The Labute approximate surface area is 190 Å². The fraction of sp³-hybridized carbons (Fsp3) is 0.391. The van der Waals surface area contributed by atoms with Gasteiger partial charge in [-0.2, -0.15) is 4.98 Å². The molecule has 1 fully saturated rings. The average Bonchev–Trinajstić information content (AvgIpc) is 3.47. The number of carbonyl (C=O) groups is 2. The number of hydrogen-bond acceptors (Lipinski definition) is 8. The molecule has 3 heterocycles. The first kappa shape index (κ1) is 22.2. The molecule has 1 amide bonds. The van der Waals surface area contributed by atoms with Crippen LogP contribution in [0.1, 0.15) is 41.6 Å². The second kappa shape index (κ2) is 10.1. The van der Waals surface area contributed by atoms with Crippen LogP contribution < -0.4 is 5.32 Å². The summed E-state index contributed by atoms with van der Waals surface area (Å²) in [5.41, 5.74) is 1.81. The van der Waals surface area contributed by atoms with Gasteiger partial charge in [0.05, 0.1) is 29.5 Å². The quantitative estimate of drug-likeness (QED) is 0.536. The first-order valence-electron chi connectivity index (χ1n) is 10.7. The van der Waals surface area contributed by atoms with Crippen LogP contribution in [-0.2, 0) is 16.1 Å². The average molecular weight is 455 g/mol. The van der Waals surface area contributed by atoms with E-state index in [2.05, 4.69) is 20.4 Å². The Bertz CT molecular complexity index is 1080. The predicted molar refractivity (Wildman–Crippen MR) is 121 cm³/mol. The SMILES string of the molecule is CCOC(=O)c1cccc(NC(=O)C2CCCN(Cc3nc(-c4cccs4)no3)C2)c1C. The fourth-order valence-corrected chi connectivity index (χ4v) is 4.51. The summed E-state index contributed by atoms with van der Waals surface area (Å²) in [5.74, 6) is 0.551. The van der Waals surface area contributed by atoms with Crippen LogP contribution in [0.25, 0.3) is 10.7 Å². The molecule has 1 aliphatic rings. The van der Waals surface area contributed by atoms with Gasteiger partial charge in [-0.15, -0.1) is 11.3 Å². The van der Waals surface area contributed by atoms with Crippen LogP contribution in [0, 0.1) is 12.8 Å². The Hall–Kier alpha value is -3.04. The molecule has 0 bridgehead atoms. The van der Waals surface area contributed by atoms with Gasteiger partial charge in [-0.1, -0.05) is 17.3 Å². The lowest BCUT2D eigenvalue weighted by atomic mass is 9.96. The molecular weight excluding hydrogens is 428 g/mol. The minimum absolute atomic E-state index is 0.0522. The van der Waals surface area contributed by atoms with E-state index < -0.39 is 0 Å². The van der Waals surface area contributed by atoms with Crippen LogP contribution in [0.2, 0.25) is 0 Å². The zero-order valence-electron chi connectivity index (χ0n) is 18.2. The summed E-state index contributed by atoms with van der Waals surface area (Å²) in [6, 6.07) is 9.18. The van der Waals surface area contributed by atoms with Crippen molar-refractivity contribution in [1.29, 1.82) is 0 Å². The molecule has 1 N–H and O–H groups in total. The van der Waals surface area contributed by atoms with Gasteiger partial charge in [-0.3, -0.25) is 9.69 Å². The summed E-state index contributed by atoms with van der Waals surface area (Å²) in [4.78, 5) is 32.7. The molecule has 1 unspecified atom stereocenters. The molecule has 0 radical (unpaired) electrons. The molecule has 9 heteroatoms. The highest BCUT2D eigenvalue weighted by molar-refractivity contribution is 7.13. The van der Waals surface area contributed by atoms with Gasteiger partial charge in [0.25, 0.3) is 0 Å². The van der Waals surface area contributed by atoms with Gasteiger partial charge in [-0.05, 0) is 62.4 Å². The summed E-state index contributed by atoms with van der Waals surface area (Å²) in [6.07, 6.45) is 1.72. The third kappa shape index (κ3) is 5.05. The van der Waals surface area contributed by atoms with Crippen LogP contribution in [0.3, 0.4) is 0 Å². The van der Waals surface area contributed by atoms with Crippen molar-refractivity contribution < 1.29 is 18.8 Å². The molecule has 0 saturated carbocycles. The van der Waals surface area contributed by atoms with Crippen LogP contribution in [-0.4, -0.2) is 46.6 Å². The van der Waals surface area contributed by atoms with Gasteiger partial charge in [0.2, 0.25) is 17.6 Å². The molecule has 3 aromatic rings. The molecule has 32 heavy (non-hydrogen) atoms. The first-order chi connectivity index (χ1) is 15.5. The number of esters is 1. The van der Waals surface area contributed by atoms with Gasteiger partial charge < -0.3 is 14.6 Å². The largest absolute Gasteiger partial charge is 0.462 e. The maximum Gasteiger partial charge on any atom is 0.338 e. The molecule has 1 saturated heterocycles. The summed E-state index contributed by atoms with van der Waals surface area (Å²) in [6.45, 7) is 5.89. The molecule has 1 aromatic carbocycles. The number of piperidine rings is 1. The number of nitrogens with one attached hydrogen (secondary N) is 1. The van der Waals surface area contributed by atoms with E-state index in [1.54, 1.807) is 36.5 Å². The number of thiophene rings is 1. The molecule has 8 nitrogen and oxygen atoms in total. The normalized spacial score (nSPS) is 16.6. The Kier molecular flexibility index (Phi) is 6.96. The van der Waals surface area contributed by atoms with Gasteiger partial charge in [0.1, 0.15) is 0 Å². The van der Waals surface area contributed by atoms with Crippen molar-refractivity contribution in [3.8, 4) is 10.7 Å². The fourth-order valence-electron chi connectivity index (χ4n) is 3.87. The highest BCUT2D eigenvalue weighted by Crippen LogP contribution is 2.25. The van der Waals surface area contributed by atoms with Crippen LogP contribution in [0.15, 0.2) is 40.2 Å². The monoisotopic (exact) mass is 454 g/mol. The molecular formula is C23H26N4O4S. The molecule has 168 valence electrons. The third-order valence-corrected chi connectivity index (χ3v) is 6.40. The topological polar surface area (TPSA) is 97.6 Å². The second-order valence-corrected chi connectivity index (χ2v) is 8.70. The molecule has 2 aromatic heterocycles. The summed E-state index contributed by atoms with van der Waals surface area (Å²) >= 11 is 1.57. The van der Waals surface area contributed by atoms with Crippen molar-refractivity contribution in [1.82, 2.24) is 15.0 Å². The summed E-state index contributed by atoms with van der Waals surface area (Å²) in [7, 11) is 0. The number of nitrogens with zero attached hydrogens (tertiary/aromatic N) is 3.